The smallest absolute Gasteiger partial charge is 0.400 e. The van der Waals surface area contributed by atoms with E-state index in [1.54, 1.807) is 0 Å². The first kappa shape index (κ1) is 19.2. The fraction of sp³-hybridized carbons (Fsp3) is 0.533. The summed E-state index contributed by atoms with van der Waals surface area (Å²) in [5, 5.41) is -0.249. The third kappa shape index (κ3) is 3.93. The molecule has 24 heavy (non-hydrogen) atoms. The first-order valence-electron chi connectivity index (χ1n) is 7.37. The number of hydrogen-bond acceptors (Lipinski definition) is 4. The van der Waals surface area contributed by atoms with Crippen LogP contribution in [0.1, 0.15) is 39.0 Å². The summed E-state index contributed by atoms with van der Waals surface area (Å²) in [6.07, 6.45) is -3.09. The van der Waals surface area contributed by atoms with Gasteiger partial charge in [-0.15, -0.1) is 0 Å². The van der Waals surface area contributed by atoms with Crippen molar-refractivity contribution in [2.75, 3.05) is 6.54 Å². The Morgan fingerprint density at radius 3 is 2.25 bits per heavy atom. The Labute approximate surface area is 144 Å². The van der Waals surface area contributed by atoms with Gasteiger partial charge in [0.15, 0.2) is 0 Å². The molecular formula is C15H19BClF3N2O2. The normalized spacial score (nSPS) is 20.5. The van der Waals surface area contributed by atoms with Crippen LogP contribution in [0.25, 0.3) is 6.08 Å². The SMILES string of the molecule is CC1(C)OB(C(=Cc2cc(Cl)nc(C(F)(F)F)c2)CN)OC1(C)C. The molecule has 132 valence electrons. The molecule has 0 atom stereocenters. The van der Waals surface area contributed by atoms with E-state index >= 15 is 0 Å². The van der Waals surface area contributed by atoms with E-state index in [4.69, 9.17) is 26.6 Å². The minimum Gasteiger partial charge on any atom is -0.400 e. The van der Waals surface area contributed by atoms with Gasteiger partial charge >= 0.3 is 13.3 Å². The van der Waals surface area contributed by atoms with Gasteiger partial charge in [-0.3, -0.25) is 0 Å². The van der Waals surface area contributed by atoms with Crippen molar-refractivity contribution < 1.29 is 22.5 Å². The molecule has 1 aliphatic heterocycles. The van der Waals surface area contributed by atoms with Crippen molar-refractivity contribution in [2.24, 2.45) is 5.73 Å². The van der Waals surface area contributed by atoms with E-state index < -0.39 is 30.2 Å². The van der Waals surface area contributed by atoms with Crippen molar-refractivity contribution in [1.29, 1.82) is 0 Å². The van der Waals surface area contributed by atoms with Gasteiger partial charge in [0.2, 0.25) is 0 Å². The number of halogens is 4. The molecule has 0 bridgehead atoms. The van der Waals surface area contributed by atoms with Crippen molar-refractivity contribution >= 4 is 24.8 Å². The van der Waals surface area contributed by atoms with E-state index in [-0.39, 0.29) is 17.3 Å². The van der Waals surface area contributed by atoms with Crippen LogP contribution < -0.4 is 5.73 Å². The zero-order valence-corrected chi connectivity index (χ0v) is 14.6. The van der Waals surface area contributed by atoms with Gasteiger partial charge in [0.1, 0.15) is 10.8 Å². The molecule has 2 rings (SSSR count). The van der Waals surface area contributed by atoms with Crippen LogP contribution in [0.5, 0.6) is 0 Å². The zero-order valence-electron chi connectivity index (χ0n) is 13.9. The van der Waals surface area contributed by atoms with Crippen LogP contribution >= 0.6 is 11.6 Å². The molecule has 2 heterocycles. The van der Waals surface area contributed by atoms with Crippen molar-refractivity contribution in [3.8, 4) is 0 Å². The second-order valence-corrected chi connectivity index (χ2v) is 7.01. The molecule has 1 saturated heterocycles. The quantitative estimate of drug-likeness (QED) is 0.657. The minimum absolute atomic E-state index is 0.0676. The van der Waals surface area contributed by atoms with Crippen LogP contribution in [0.2, 0.25) is 5.15 Å². The number of alkyl halides is 3. The lowest BCUT2D eigenvalue weighted by Gasteiger charge is -2.32. The van der Waals surface area contributed by atoms with Gasteiger partial charge < -0.3 is 15.0 Å². The van der Waals surface area contributed by atoms with E-state index in [0.717, 1.165) is 6.07 Å². The maximum Gasteiger partial charge on any atom is 0.491 e. The summed E-state index contributed by atoms with van der Waals surface area (Å²) in [5.41, 5.74) is 4.29. The van der Waals surface area contributed by atoms with Crippen molar-refractivity contribution in [3.63, 3.8) is 0 Å². The van der Waals surface area contributed by atoms with Gasteiger partial charge in [-0.1, -0.05) is 17.7 Å². The number of aromatic nitrogens is 1. The van der Waals surface area contributed by atoms with Gasteiger partial charge in [0.05, 0.1) is 11.2 Å². The Bertz CT molecular complexity index is 647. The third-order valence-electron chi connectivity index (χ3n) is 4.25. The molecule has 1 aromatic rings. The maximum absolute atomic E-state index is 12.9. The summed E-state index contributed by atoms with van der Waals surface area (Å²) in [5.74, 6) is 0. The van der Waals surface area contributed by atoms with Crippen LogP contribution in [0.4, 0.5) is 13.2 Å². The lowest BCUT2D eigenvalue weighted by atomic mass is 9.77. The number of nitrogens with zero attached hydrogens (tertiary/aromatic N) is 1. The lowest BCUT2D eigenvalue weighted by molar-refractivity contribution is -0.141. The molecule has 9 heteroatoms. The summed E-state index contributed by atoms with van der Waals surface area (Å²) < 4.78 is 50.3. The van der Waals surface area contributed by atoms with Crippen LogP contribution in [-0.2, 0) is 15.5 Å². The molecule has 0 amide bonds. The fourth-order valence-corrected chi connectivity index (χ4v) is 2.39. The summed E-state index contributed by atoms with van der Waals surface area (Å²) >= 11 is 5.70. The lowest BCUT2D eigenvalue weighted by Crippen LogP contribution is -2.41. The fourth-order valence-electron chi connectivity index (χ4n) is 2.18. The topological polar surface area (TPSA) is 57.4 Å². The average molecular weight is 363 g/mol. The van der Waals surface area contributed by atoms with Gasteiger partial charge in [-0.25, -0.2) is 4.98 Å². The van der Waals surface area contributed by atoms with Crippen LogP contribution in [0.3, 0.4) is 0 Å². The monoisotopic (exact) mass is 362 g/mol. The predicted molar refractivity (Wildman–Crippen MR) is 87.4 cm³/mol. The van der Waals surface area contributed by atoms with Gasteiger partial charge in [-0.2, -0.15) is 13.2 Å². The van der Waals surface area contributed by atoms with E-state index in [1.165, 1.54) is 12.1 Å². The Morgan fingerprint density at radius 2 is 1.79 bits per heavy atom. The summed E-state index contributed by atoms with van der Waals surface area (Å²) in [7, 11) is -0.735. The Balaban J connectivity index is 2.37. The Morgan fingerprint density at radius 1 is 1.25 bits per heavy atom. The van der Waals surface area contributed by atoms with Crippen LogP contribution in [0, 0.1) is 0 Å². The highest BCUT2D eigenvalue weighted by Gasteiger charge is 2.52. The van der Waals surface area contributed by atoms with Crippen molar-refractivity contribution in [1.82, 2.24) is 4.98 Å². The predicted octanol–water partition coefficient (Wildman–Crippen LogP) is 3.73. The number of nitrogens with two attached hydrogens (primary N) is 1. The number of pyridine rings is 1. The van der Waals surface area contributed by atoms with Crippen molar-refractivity contribution in [3.05, 3.63) is 34.0 Å². The maximum atomic E-state index is 12.9. The molecule has 2 N–H and O–H groups in total. The molecule has 0 aliphatic carbocycles. The molecule has 0 spiro atoms. The summed E-state index contributed by atoms with van der Waals surface area (Å²) in [6.45, 7) is 7.59. The molecule has 0 aromatic carbocycles. The Kier molecular flexibility index (Phi) is 5.08. The molecule has 0 saturated carbocycles. The highest BCUT2D eigenvalue weighted by Crippen LogP contribution is 2.39. The van der Waals surface area contributed by atoms with Gasteiger partial charge in [0, 0.05) is 6.54 Å². The Hall–Kier alpha value is -1.09. The van der Waals surface area contributed by atoms with Gasteiger partial charge in [-0.05, 0) is 50.9 Å². The number of hydrogen-bond donors (Lipinski definition) is 1. The molecule has 0 unspecified atom stereocenters. The van der Waals surface area contributed by atoms with Crippen LogP contribution in [-0.4, -0.2) is 29.8 Å². The highest BCUT2D eigenvalue weighted by molar-refractivity contribution is 6.55. The standard InChI is InChI=1S/C15H19BClF3N2O2/c1-13(2)14(3,4)24-16(23-13)10(8-21)5-9-6-11(15(18,19)20)22-12(17)7-9/h5-7H,8,21H2,1-4H3. The summed E-state index contributed by atoms with van der Waals surface area (Å²) in [4.78, 5) is 3.30. The third-order valence-corrected chi connectivity index (χ3v) is 4.44. The van der Waals surface area contributed by atoms with E-state index in [0.29, 0.717) is 5.47 Å². The molecular weight excluding hydrogens is 343 g/mol. The molecule has 1 aliphatic rings. The van der Waals surface area contributed by atoms with E-state index in [1.807, 2.05) is 27.7 Å². The first-order chi connectivity index (χ1) is 10.9. The zero-order chi connectivity index (χ0) is 18.3. The first-order valence-corrected chi connectivity index (χ1v) is 7.74. The average Bonchev–Trinajstić information content (AvgIpc) is 2.63. The minimum atomic E-state index is -4.58. The molecule has 1 aromatic heterocycles. The van der Waals surface area contributed by atoms with Crippen molar-refractivity contribution in [2.45, 2.75) is 45.1 Å². The van der Waals surface area contributed by atoms with Crippen LogP contribution in [0.15, 0.2) is 17.6 Å². The number of rotatable bonds is 3. The summed E-state index contributed by atoms with van der Waals surface area (Å²) in [6, 6.07) is 2.24. The molecule has 1 fully saturated rings. The van der Waals surface area contributed by atoms with E-state index in [9.17, 15) is 13.2 Å². The molecule has 0 radical (unpaired) electrons. The second kappa shape index (κ2) is 6.33. The largest absolute Gasteiger partial charge is 0.491 e. The highest BCUT2D eigenvalue weighted by atomic mass is 35.5. The van der Waals surface area contributed by atoms with E-state index in [2.05, 4.69) is 4.98 Å². The molecule has 4 nitrogen and oxygen atoms in total. The van der Waals surface area contributed by atoms with Gasteiger partial charge in [0.25, 0.3) is 0 Å². The second-order valence-electron chi connectivity index (χ2n) is 6.62.